The molecule has 0 saturated heterocycles. The predicted molar refractivity (Wildman–Crippen MR) is 354 cm³/mol. The quantitative estimate of drug-likeness (QED) is 0.0211. The highest BCUT2D eigenvalue weighted by Crippen LogP contribution is 2.14. The van der Waals surface area contributed by atoms with Crippen molar-refractivity contribution < 1.29 is 42.9 Å². The van der Waals surface area contributed by atoms with E-state index in [-0.39, 0.29) is 38.6 Å². The van der Waals surface area contributed by atoms with Gasteiger partial charge in [0.25, 0.3) is 6.29 Å². The van der Waals surface area contributed by atoms with Gasteiger partial charge in [-0.25, -0.2) is 4.79 Å². The third-order valence-corrected chi connectivity index (χ3v) is 12.7. The number of ether oxygens (including phenoxy) is 4. The summed E-state index contributed by atoms with van der Waals surface area (Å²) in [6.07, 6.45) is 92.7. The van der Waals surface area contributed by atoms with Crippen LogP contribution in [0.4, 0.5) is 0 Å². The van der Waals surface area contributed by atoms with Crippen molar-refractivity contribution in [3.8, 4) is 0 Å². The molecule has 0 aliphatic rings. The monoisotopic (exact) mass is 1150 g/mol. The number of hydrogen-bond acceptors (Lipinski definition) is 7. The van der Waals surface area contributed by atoms with Crippen LogP contribution in [0.25, 0.3) is 0 Å². The van der Waals surface area contributed by atoms with Crippen LogP contribution >= 0.6 is 0 Å². The lowest BCUT2D eigenvalue weighted by atomic mass is 10.1. The number of carboxylic acids is 1. The van der Waals surface area contributed by atoms with Crippen molar-refractivity contribution in [2.75, 3.05) is 47.5 Å². The van der Waals surface area contributed by atoms with E-state index in [1.165, 1.54) is 25.7 Å². The first-order valence-electron chi connectivity index (χ1n) is 31.9. The van der Waals surface area contributed by atoms with Crippen molar-refractivity contribution in [2.24, 2.45) is 0 Å². The Bertz CT molecular complexity index is 2010. The second-order valence-electron chi connectivity index (χ2n) is 21.6. The van der Waals surface area contributed by atoms with Crippen LogP contribution in [0.3, 0.4) is 0 Å². The zero-order chi connectivity index (χ0) is 60.5. The van der Waals surface area contributed by atoms with Crippen molar-refractivity contribution in [1.82, 2.24) is 0 Å². The number of esters is 2. The molecule has 0 fully saturated rings. The molecule has 2 atom stereocenters. The van der Waals surface area contributed by atoms with Crippen molar-refractivity contribution in [2.45, 2.75) is 219 Å². The lowest BCUT2D eigenvalue weighted by Gasteiger charge is -2.25. The Kier molecular flexibility index (Phi) is 58.2. The van der Waals surface area contributed by atoms with Crippen molar-refractivity contribution in [3.63, 3.8) is 0 Å². The number of allylic oxidation sites excluding steroid dienone is 30. The highest BCUT2D eigenvalue weighted by Gasteiger charge is 2.25. The predicted octanol–water partition coefficient (Wildman–Crippen LogP) is 19.7. The number of aliphatic carboxylic acids is 1. The first-order chi connectivity index (χ1) is 40.6. The van der Waals surface area contributed by atoms with Crippen LogP contribution in [-0.4, -0.2) is 87.4 Å². The highest BCUT2D eigenvalue weighted by atomic mass is 16.7. The number of nitrogens with zero attached hydrogens (tertiary/aromatic N) is 1. The smallest absolute Gasteiger partial charge is 0.361 e. The van der Waals surface area contributed by atoms with E-state index in [2.05, 4.69) is 196 Å². The molecule has 0 spiro atoms. The van der Waals surface area contributed by atoms with Gasteiger partial charge in [0.2, 0.25) is 0 Å². The Morgan fingerprint density at radius 2 is 0.651 bits per heavy atom. The Morgan fingerprint density at radius 3 is 0.976 bits per heavy atom. The minimum absolute atomic E-state index is 0.170. The van der Waals surface area contributed by atoms with E-state index in [1.807, 2.05) is 21.1 Å². The van der Waals surface area contributed by atoms with Crippen LogP contribution in [0.2, 0.25) is 0 Å². The maximum atomic E-state index is 12.9. The fourth-order valence-electron chi connectivity index (χ4n) is 7.83. The number of carbonyl (C=O) groups excluding carboxylic acids is 2. The second-order valence-corrected chi connectivity index (χ2v) is 21.6. The van der Waals surface area contributed by atoms with E-state index in [9.17, 15) is 19.5 Å². The van der Waals surface area contributed by atoms with Crippen LogP contribution < -0.4 is 0 Å². The van der Waals surface area contributed by atoms with Gasteiger partial charge in [0, 0.05) is 12.8 Å². The van der Waals surface area contributed by atoms with Crippen molar-refractivity contribution in [3.05, 3.63) is 182 Å². The molecule has 0 amide bonds. The molecule has 0 rings (SSSR count). The molecule has 464 valence electrons. The molecule has 0 aromatic heterocycles. The van der Waals surface area contributed by atoms with Gasteiger partial charge in [0.1, 0.15) is 13.2 Å². The largest absolute Gasteiger partial charge is 0.477 e. The third kappa shape index (κ3) is 63.8. The van der Waals surface area contributed by atoms with Gasteiger partial charge in [-0.05, 0) is 135 Å². The van der Waals surface area contributed by atoms with E-state index in [0.717, 1.165) is 141 Å². The third-order valence-electron chi connectivity index (χ3n) is 12.7. The number of hydrogen-bond donors (Lipinski definition) is 1. The Hall–Kier alpha value is -5.61. The van der Waals surface area contributed by atoms with Gasteiger partial charge in [-0.3, -0.25) is 9.59 Å². The molecule has 0 saturated carbocycles. The minimum atomic E-state index is -1.53. The zero-order valence-corrected chi connectivity index (χ0v) is 52.8. The number of likely N-dealkylation sites (N-methyl/N-ethyl adjacent to an activating group) is 1. The van der Waals surface area contributed by atoms with Gasteiger partial charge < -0.3 is 28.5 Å². The van der Waals surface area contributed by atoms with E-state index >= 15 is 0 Å². The fraction of sp³-hybridized carbons (Fsp3) is 0.554. The standard InChI is InChI=1S/C74H115NO8/c1-6-8-10-12-14-16-18-20-22-24-26-27-28-29-30-31-32-33-34-35-36-37-38-39-40-41-42-43-44-45-47-49-51-53-55-57-59-61-63-65-72(77)83-70(69-82-74(73(78)79)80-67-66-75(3,4)5)68-81-71(76)64-62-60-58-56-54-52-50-48-46-25-23-21-19-17-15-13-11-9-7-2/h8-11,14-17,20-23,26-27,29-30,32-33,35-36,38-39,41-42,44-46,48,52,54,70,74H,6-7,12-13,18-19,24-25,28,31,34,37,40,43,47,49-51,53,55-69H2,1-5H3/p+1/b10-8-,11-9-,16-14-,17-15-,22-20-,23-21-,27-26-,30-29-,33-32-,36-35-,39-38-,42-41-,45-44-,48-46-,54-52-. The highest BCUT2D eigenvalue weighted by molar-refractivity contribution is 5.71. The van der Waals surface area contributed by atoms with Gasteiger partial charge in [-0.1, -0.05) is 241 Å². The van der Waals surface area contributed by atoms with Crippen molar-refractivity contribution in [1.29, 1.82) is 0 Å². The molecular weight excluding hydrogens is 1030 g/mol. The summed E-state index contributed by atoms with van der Waals surface area (Å²) in [6, 6.07) is 0. The summed E-state index contributed by atoms with van der Waals surface area (Å²) >= 11 is 0. The molecule has 0 aliphatic heterocycles. The maximum absolute atomic E-state index is 12.9. The molecule has 83 heavy (non-hydrogen) atoms. The average Bonchev–Trinajstić information content (AvgIpc) is 3.46. The second kappa shape index (κ2) is 62.4. The number of unbranched alkanes of at least 4 members (excludes halogenated alkanes) is 11. The zero-order valence-electron chi connectivity index (χ0n) is 52.8. The molecule has 0 bridgehead atoms. The average molecular weight is 1150 g/mol. The van der Waals surface area contributed by atoms with Gasteiger partial charge in [0.15, 0.2) is 6.10 Å². The number of carbonyl (C=O) groups is 3. The van der Waals surface area contributed by atoms with E-state index in [0.29, 0.717) is 23.9 Å². The van der Waals surface area contributed by atoms with Crippen LogP contribution in [-0.2, 0) is 33.3 Å². The Balaban J connectivity index is 4.26. The summed E-state index contributed by atoms with van der Waals surface area (Å²) in [5.74, 6) is -2.08. The van der Waals surface area contributed by atoms with Gasteiger partial charge in [-0.2, -0.15) is 0 Å². The van der Waals surface area contributed by atoms with Crippen LogP contribution in [0.15, 0.2) is 182 Å². The van der Waals surface area contributed by atoms with E-state index < -0.39 is 24.3 Å². The van der Waals surface area contributed by atoms with E-state index in [1.54, 1.807) is 0 Å². The molecule has 9 heteroatoms. The minimum Gasteiger partial charge on any atom is -0.477 e. The van der Waals surface area contributed by atoms with E-state index in [4.69, 9.17) is 18.9 Å². The molecule has 1 N–H and O–H groups in total. The molecule has 0 radical (unpaired) electrons. The van der Waals surface area contributed by atoms with Crippen LogP contribution in [0, 0.1) is 0 Å². The number of carboxylic acid groups (broad SMARTS) is 1. The van der Waals surface area contributed by atoms with Crippen LogP contribution in [0.5, 0.6) is 0 Å². The Labute approximate surface area is 507 Å². The molecule has 0 aromatic carbocycles. The van der Waals surface area contributed by atoms with Gasteiger partial charge in [0.05, 0.1) is 34.4 Å². The lowest BCUT2D eigenvalue weighted by Crippen LogP contribution is -2.40. The summed E-state index contributed by atoms with van der Waals surface area (Å²) in [5.41, 5.74) is 0. The first-order valence-corrected chi connectivity index (χ1v) is 31.9. The number of rotatable bonds is 56. The number of quaternary nitrogens is 1. The molecule has 0 heterocycles. The van der Waals surface area contributed by atoms with Gasteiger partial charge >= 0.3 is 17.9 Å². The van der Waals surface area contributed by atoms with Crippen molar-refractivity contribution >= 4 is 17.9 Å². The normalized spacial score (nSPS) is 14.0. The molecule has 0 aliphatic carbocycles. The summed E-state index contributed by atoms with van der Waals surface area (Å²) in [7, 11) is 5.94. The topological polar surface area (TPSA) is 108 Å². The first kappa shape index (κ1) is 77.4. The lowest BCUT2D eigenvalue weighted by molar-refractivity contribution is -0.870. The fourth-order valence-corrected chi connectivity index (χ4v) is 7.83. The molecule has 0 aromatic rings. The Morgan fingerprint density at radius 1 is 0.361 bits per heavy atom. The molecule has 2 unspecified atom stereocenters. The SMILES string of the molecule is CC/C=C\C/C=C\C/C=C\C/C=C\C/C=C\C/C=C\C/C=C\C/C=C\C/C=C\C/C=C\CCCCCCCCCCC(=O)OC(COC(=O)CCCCC/C=C\C/C=C\C/C=C\C/C=C\C/C=C\CC)COC(OCC[N+](C)(C)C)C(=O)O. The summed E-state index contributed by atoms with van der Waals surface area (Å²) < 4.78 is 22.8. The molecule has 9 nitrogen and oxygen atoms in total. The summed E-state index contributed by atoms with van der Waals surface area (Å²) in [6.45, 7) is 4.57. The summed E-state index contributed by atoms with van der Waals surface area (Å²) in [4.78, 5) is 37.5. The maximum Gasteiger partial charge on any atom is 0.361 e. The summed E-state index contributed by atoms with van der Waals surface area (Å²) in [5, 5.41) is 9.72. The molecular formula is C74H116NO8+. The van der Waals surface area contributed by atoms with Crippen LogP contribution in [0.1, 0.15) is 206 Å². The van der Waals surface area contributed by atoms with Gasteiger partial charge in [-0.15, -0.1) is 0 Å².